The van der Waals surface area contributed by atoms with E-state index in [1.807, 2.05) is 35.2 Å². The molecule has 3 heterocycles. The maximum absolute atomic E-state index is 14.0. The zero-order chi connectivity index (χ0) is 21.3. The minimum absolute atomic E-state index is 0.0435. The first-order valence-electron chi connectivity index (χ1n) is 10.4. The molecule has 1 spiro atoms. The van der Waals surface area contributed by atoms with Crippen LogP contribution in [0.4, 0.5) is 11.4 Å². The molecule has 1 amide bonds. The van der Waals surface area contributed by atoms with E-state index in [0.29, 0.717) is 17.8 Å². The summed E-state index contributed by atoms with van der Waals surface area (Å²) in [6, 6.07) is 14.1. The quantitative estimate of drug-likeness (QED) is 0.435. The highest BCUT2D eigenvalue weighted by Gasteiger charge is 2.61. The van der Waals surface area contributed by atoms with Crippen LogP contribution in [-0.2, 0) is 10.5 Å². The Balaban J connectivity index is 1.72. The number of fused-ring (bicyclic) bond motifs is 1. The first-order valence-corrected chi connectivity index (χ1v) is 10.4. The van der Waals surface area contributed by atoms with Crippen molar-refractivity contribution < 1.29 is 14.8 Å². The van der Waals surface area contributed by atoms with Crippen LogP contribution >= 0.6 is 0 Å². The molecule has 3 aliphatic heterocycles. The minimum Gasteiger partial charge on any atom is -0.299 e. The molecule has 7 heteroatoms. The number of nitrogens with zero attached hydrogens (tertiary/aromatic N) is 1. The largest absolute Gasteiger partial charge is 0.361 e. The number of hydrogen-bond acceptors (Lipinski definition) is 4. The van der Waals surface area contributed by atoms with E-state index in [1.165, 1.54) is 5.56 Å². The molecule has 0 aromatic heterocycles. The van der Waals surface area contributed by atoms with E-state index in [4.69, 9.17) is 5.73 Å². The van der Waals surface area contributed by atoms with Gasteiger partial charge in [0.1, 0.15) is 0 Å². The predicted octanol–water partition coefficient (Wildman–Crippen LogP) is -0.673. The molecule has 3 aliphatic rings. The number of carbonyl (C=O) groups excluding carboxylic acids is 1. The number of benzene rings is 2. The standard InChI is InChI=1S/C23H26N6O/c1-13-10-16-14(2)12-22(3,4)29-18(16)17(11-13)23(19(29)30)27-20(24)26-21(28-23)25-15-8-6-5-7-9-15/h5-11,14H,12H2,1-4H3,(H4,24,25,26,27,28)/p+2/t14-,23-/m0/s1. The Morgan fingerprint density at radius 2 is 1.93 bits per heavy atom. The van der Waals surface area contributed by atoms with Crippen LogP contribution in [0.1, 0.15) is 49.8 Å². The number of carbonyl (C=O) groups is 1. The fraction of sp³-hybridized carbons (Fsp3) is 0.348. The Morgan fingerprint density at radius 1 is 1.20 bits per heavy atom. The second-order valence-electron chi connectivity index (χ2n) is 9.21. The predicted molar refractivity (Wildman–Crippen MR) is 117 cm³/mol. The van der Waals surface area contributed by atoms with E-state index in [-0.39, 0.29) is 11.4 Å². The minimum atomic E-state index is -1.16. The molecule has 154 valence electrons. The van der Waals surface area contributed by atoms with E-state index >= 15 is 0 Å². The number of anilines is 2. The van der Waals surface area contributed by atoms with Gasteiger partial charge < -0.3 is 0 Å². The van der Waals surface area contributed by atoms with Gasteiger partial charge in [0.2, 0.25) is 0 Å². The number of amides is 1. The van der Waals surface area contributed by atoms with Crippen molar-refractivity contribution in [1.29, 1.82) is 0 Å². The molecule has 30 heavy (non-hydrogen) atoms. The lowest BCUT2D eigenvalue weighted by Crippen LogP contribution is -3.14. The third kappa shape index (κ3) is 2.54. The van der Waals surface area contributed by atoms with E-state index in [9.17, 15) is 4.79 Å². The number of hydrogen-bond donors (Lipinski definition) is 5. The van der Waals surface area contributed by atoms with Crippen molar-refractivity contribution in [3.05, 3.63) is 59.2 Å². The molecular formula is C23H28N6O+2. The molecule has 0 fully saturated rings. The van der Waals surface area contributed by atoms with Crippen LogP contribution in [0.15, 0.2) is 42.5 Å². The van der Waals surface area contributed by atoms with Crippen molar-refractivity contribution in [1.82, 2.24) is 5.32 Å². The Kier molecular flexibility index (Phi) is 3.78. The second-order valence-corrected chi connectivity index (χ2v) is 9.21. The Bertz CT molecular complexity index is 1120. The lowest BCUT2D eigenvalue weighted by molar-refractivity contribution is -0.789. The third-order valence-corrected chi connectivity index (χ3v) is 6.31. The Hall–Kier alpha value is -3.35. The van der Waals surface area contributed by atoms with Gasteiger partial charge in [-0.3, -0.25) is 15.4 Å². The van der Waals surface area contributed by atoms with Gasteiger partial charge in [-0.25, -0.2) is 15.3 Å². The number of para-hydroxylation sites is 1. The zero-order valence-electron chi connectivity index (χ0n) is 17.8. The van der Waals surface area contributed by atoms with Crippen LogP contribution < -0.4 is 31.3 Å². The summed E-state index contributed by atoms with van der Waals surface area (Å²) in [5.41, 5.74) is 9.94. The molecule has 0 unspecified atom stereocenters. The summed E-state index contributed by atoms with van der Waals surface area (Å²) < 4.78 is 0. The SMILES string of the molecule is Cc1cc2c3c(c1)[C@@]1([NH+]=C(N)NC(Nc4ccccc4)=[NH+]1)C(=O)N3C(C)(C)C[C@@H]2C. The summed E-state index contributed by atoms with van der Waals surface area (Å²) in [5.74, 6) is 1.20. The van der Waals surface area contributed by atoms with Gasteiger partial charge in [0.05, 0.1) is 16.9 Å². The molecule has 7 nitrogen and oxygen atoms in total. The van der Waals surface area contributed by atoms with Crippen LogP contribution in [0.2, 0.25) is 0 Å². The van der Waals surface area contributed by atoms with Crippen LogP contribution in [0.3, 0.4) is 0 Å². The summed E-state index contributed by atoms with van der Waals surface area (Å²) in [4.78, 5) is 22.6. The summed E-state index contributed by atoms with van der Waals surface area (Å²) in [5, 5.41) is 6.39. The maximum atomic E-state index is 14.0. The Morgan fingerprint density at radius 3 is 2.67 bits per heavy atom. The normalized spacial score (nSPS) is 26.1. The maximum Gasteiger partial charge on any atom is 0.361 e. The highest BCUT2D eigenvalue weighted by Crippen LogP contribution is 2.50. The fourth-order valence-electron chi connectivity index (χ4n) is 5.22. The molecular weight excluding hydrogens is 376 g/mol. The smallest absolute Gasteiger partial charge is 0.299 e. The van der Waals surface area contributed by atoms with E-state index < -0.39 is 5.66 Å². The molecule has 0 aliphatic carbocycles. The first-order chi connectivity index (χ1) is 14.2. The molecule has 0 saturated heterocycles. The molecule has 2 aromatic rings. The second kappa shape index (κ2) is 6.08. The molecule has 2 atom stereocenters. The van der Waals surface area contributed by atoms with Crippen molar-refractivity contribution in [3.8, 4) is 0 Å². The van der Waals surface area contributed by atoms with Gasteiger partial charge >= 0.3 is 23.5 Å². The topological polar surface area (TPSA) is 98.3 Å². The number of aryl methyl sites for hydroxylation is 1. The van der Waals surface area contributed by atoms with E-state index in [2.05, 4.69) is 60.4 Å². The highest BCUT2D eigenvalue weighted by molar-refractivity contribution is 6.10. The molecule has 0 bridgehead atoms. The third-order valence-electron chi connectivity index (χ3n) is 6.31. The van der Waals surface area contributed by atoms with Gasteiger partial charge in [-0.15, -0.1) is 0 Å². The van der Waals surface area contributed by atoms with Crippen LogP contribution in [0, 0.1) is 6.92 Å². The summed E-state index contributed by atoms with van der Waals surface area (Å²) >= 11 is 0. The van der Waals surface area contributed by atoms with Crippen molar-refractivity contribution in [2.24, 2.45) is 5.73 Å². The number of rotatable bonds is 1. The van der Waals surface area contributed by atoms with Crippen molar-refractivity contribution in [3.63, 3.8) is 0 Å². The average Bonchev–Trinajstić information content (AvgIpc) is 2.89. The summed E-state index contributed by atoms with van der Waals surface area (Å²) in [6.07, 6.45) is 0.904. The van der Waals surface area contributed by atoms with Crippen LogP contribution in [0.5, 0.6) is 0 Å². The van der Waals surface area contributed by atoms with Gasteiger partial charge in [-0.1, -0.05) is 36.8 Å². The van der Waals surface area contributed by atoms with Crippen molar-refractivity contribution in [2.45, 2.75) is 51.2 Å². The lowest BCUT2D eigenvalue weighted by atomic mass is 9.79. The van der Waals surface area contributed by atoms with E-state index in [0.717, 1.165) is 28.9 Å². The van der Waals surface area contributed by atoms with Crippen molar-refractivity contribution in [2.75, 3.05) is 10.2 Å². The lowest BCUT2D eigenvalue weighted by Gasteiger charge is -2.43. The summed E-state index contributed by atoms with van der Waals surface area (Å²) in [6.45, 7) is 8.58. The average molecular weight is 405 g/mol. The highest BCUT2D eigenvalue weighted by atomic mass is 16.2. The van der Waals surface area contributed by atoms with Crippen molar-refractivity contribution >= 4 is 29.2 Å². The van der Waals surface area contributed by atoms with Gasteiger partial charge in [0.15, 0.2) is 0 Å². The van der Waals surface area contributed by atoms with Gasteiger partial charge in [0, 0.05) is 5.54 Å². The van der Waals surface area contributed by atoms with Gasteiger partial charge in [-0.2, -0.15) is 5.32 Å². The summed E-state index contributed by atoms with van der Waals surface area (Å²) in [7, 11) is 0. The van der Waals surface area contributed by atoms with Gasteiger partial charge in [0.25, 0.3) is 0 Å². The van der Waals surface area contributed by atoms with Gasteiger partial charge in [-0.05, 0) is 56.9 Å². The molecule has 2 aromatic carbocycles. The fourth-order valence-corrected chi connectivity index (χ4v) is 5.22. The molecule has 0 saturated carbocycles. The molecule has 0 radical (unpaired) electrons. The number of nitrogens with one attached hydrogen (secondary N) is 4. The van der Waals surface area contributed by atoms with E-state index in [1.54, 1.807) is 0 Å². The monoisotopic (exact) mass is 404 g/mol. The number of nitrogens with two attached hydrogens (primary N) is 1. The number of guanidine groups is 2. The van der Waals surface area contributed by atoms with Crippen LogP contribution in [-0.4, -0.2) is 23.4 Å². The molecule has 5 rings (SSSR count). The first kappa shape index (κ1) is 18.7. The Labute approximate surface area is 176 Å². The molecule has 6 N–H and O–H groups in total. The van der Waals surface area contributed by atoms with Crippen LogP contribution in [0.25, 0.3) is 0 Å². The zero-order valence-corrected chi connectivity index (χ0v) is 17.8.